The Kier molecular flexibility index (Phi) is 3.70. The summed E-state index contributed by atoms with van der Waals surface area (Å²) in [5, 5.41) is 8.76. The van der Waals surface area contributed by atoms with E-state index < -0.39 is 5.97 Å². The summed E-state index contributed by atoms with van der Waals surface area (Å²) in [5.41, 5.74) is 0. The van der Waals surface area contributed by atoms with Crippen molar-refractivity contribution in [3.8, 4) is 0 Å². The Hall–Kier alpha value is -2.50. The second-order valence-corrected chi connectivity index (χ2v) is 4.03. The minimum absolute atomic E-state index is 0.142. The quantitative estimate of drug-likeness (QED) is 0.893. The first-order valence-corrected chi connectivity index (χ1v) is 5.66. The van der Waals surface area contributed by atoms with Crippen LogP contribution in [0.1, 0.15) is 29.0 Å². The lowest BCUT2D eigenvalue weighted by Gasteiger charge is -2.18. The van der Waals surface area contributed by atoms with Crippen molar-refractivity contribution in [2.24, 2.45) is 0 Å². The molecule has 0 aliphatic carbocycles. The number of nitrogens with zero attached hydrogens (tertiary/aromatic N) is 1. The number of carboxylic acid groups (broad SMARTS) is 1. The van der Waals surface area contributed by atoms with Crippen LogP contribution in [0.15, 0.2) is 39.4 Å². The van der Waals surface area contributed by atoms with Crippen molar-refractivity contribution in [3.63, 3.8) is 0 Å². The third kappa shape index (κ3) is 3.25. The average Bonchev–Trinajstić information content (AvgIpc) is 2.98. The Balaban J connectivity index is 2.07. The monoisotopic (exact) mass is 263 g/mol. The molecule has 1 N–H and O–H groups in total. The summed E-state index contributed by atoms with van der Waals surface area (Å²) in [6.45, 7) is 1.94. The van der Waals surface area contributed by atoms with Crippen LogP contribution in [0, 0.1) is 0 Å². The maximum atomic E-state index is 11.5. The minimum atomic E-state index is -1.13. The summed E-state index contributed by atoms with van der Waals surface area (Å²) in [5.74, 6) is -0.354. The predicted octanol–water partition coefficient (Wildman–Crippen LogP) is 2.12. The molecule has 0 atom stereocenters. The molecule has 0 unspecified atom stereocenters. The Labute approximate surface area is 109 Å². The molecule has 0 saturated heterocycles. The lowest BCUT2D eigenvalue weighted by atomic mass is 10.3. The van der Waals surface area contributed by atoms with E-state index in [4.69, 9.17) is 13.9 Å². The fourth-order valence-electron chi connectivity index (χ4n) is 1.64. The maximum absolute atomic E-state index is 11.5. The molecule has 0 radical (unpaired) electrons. The van der Waals surface area contributed by atoms with Gasteiger partial charge in [0.15, 0.2) is 0 Å². The summed E-state index contributed by atoms with van der Waals surface area (Å²) < 4.78 is 10.3. The topological polar surface area (TPSA) is 83.9 Å². The zero-order valence-corrected chi connectivity index (χ0v) is 10.3. The zero-order chi connectivity index (χ0) is 13.8. The second kappa shape index (κ2) is 5.43. The molecule has 0 spiro atoms. The highest BCUT2D eigenvalue weighted by Gasteiger charge is 2.15. The van der Waals surface area contributed by atoms with Gasteiger partial charge < -0.3 is 18.8 Å². The number of carbonyl (C=O) groups is 2. The number of aromatic carboxylic acids is 1. The molecule has 6 nitrogen and oxygen atoms in total. The predicted molar refractivity (Wildman–Crippen MR) is 64.3 cm³/mol. The van der Waals surface area contributed by atoms with E-state index in [9.17, 15) is 9.59 Å². The van der Waals surface area contributed by atoms with Gasteiger partial charge in [-0.1, -0.05) is 0 Å². The lowest BCUT2D eigenvalue weighted by Crippen LogP contribution is -2.27. The zero-order valence-electron chi connectivity index (χ0n) is 10.3. The van der Waals surface area contributed by atoms with E-state index in [1.165, 1.54) is 24.2 Å². The number of carbonyl (C=O) groups excluding carboxylic acids is 1. The Morgan fingerprint density at radius 2 is 1.95 bits per heavy atom. The summed E-state index contributed by atoms with van der Waals surface area (Å²) >= 11 is 0. The molecule has 2 aromatic rings. The van der Waals surface area contributed by atoms with Crippen LogP contribution in [0.4, 0.5) is 0 Å². The van der Waals surface area contributed by atoms with E-state index >= 15 is 0 Å². The number of furan rings is 2. The van der Waals surface area contributed by atoms with Gasteiger partial charge in [0, 0.05) is 6.92 Å². The van der Waals surface area contributed by atoms with E-state index in [2.05, 4.69) is 0 Å². The van der Waals surface area contributed by atoms with Gasteiger partial charge in [0.05, 0.1) is 19.4 Å². The molecule has 0 aliphatic rings. The Morgan fingerprint density at radius 1 is 1.21 bits per heavy atom. The minimum Gasteiger partial charge on any atom is -0.475 e. The van der Waals surface area contributed by atoms with Crippen LogP contribution < -0.4 is 0 Å². The Morgan fingerprint density at radius 3 is 2.47 bits per heavy atom. The first kappa shape index (κ1) is 12.9. The molecule has 0 aromatic carbocycles. The highest BCUT2D eigenvalue weighted by atomic mass is 16.4. The van der Waals surface area contributed by atoms with Gasteiger partial charge in [-0.15, -0.1) is 0 Å². The Bertz CT molecular complexity index is 570. The number of amides is 1. The van der Waals surface area contributed by atoms with Crippen molar-refractivity contribution in [1.29, 1.82) is 0 Å². The van der Waals surface area contributed by atoms with Crippen LogP contribution in [-0.4, -0.2) is 21.9 Å². The number of hydrogen-bond donors (Lipinski definition) is 1. The van der Waals surface area contributed by atoms with Gasteiger partial charge >= 0.3 is 5.97 Å². The van der Waals surface area contributed by atoms with Gasteiger partial charge in [0.25, 0.3) is 0 Å². The second-order valence-electron chi connectivity index (χ2n) is 4.03. The third-order valence-corrected chi connectivity index (χ3v) is 2.59. The molecule has 6 heteroatoms. The van der Waals surface area contributed by atoms with Gasteiger partial charge in [-0.3, -0.25) is 4.79 Å². The van der Waals surface area contributed by atoms with Gasteiger partial charge in [-0.25, -0.2) is 4.79 Å². The first-order chi connectivity index (χ1) is 9.06. The summed E-state index contributed by atoms with van der Waals surface area (Å²) in [6.07, 6.45) is 1.53. The fraction of sp³-hybridized carbons (Fsp3) is 0.231. The van der Waals surface area contributed by atoms with Crippen LogP contribution in [0.25, 0.3) is 0 Å². The molecule has 0 saturated carbocycles. The van der Waals surface area contributed by atoms with E-state index in [1.54, 1.807) is 18.2 Å². The molecule has 2 aromatic heterocycles. The fourth-order valence-corrected chi connectivity index (χ4v) is 1.64. The van der Waals surface area contributed by atoms with Crippen molar-refractivity contribution < 1.29 is 23.5 Å². The van der Waals surface area contributed by atoms with E-state index in [0.717, 1.165) is 0 Å². The van der Waals surface area contributed by atoms with Gasteiger partial charge in [0.1, 0.15) is 11.5 Å². The highest BCUT2D eigenvalue weighted by molar-refractivity contribution is 5.84. The van der Waals surface area contributed by atoms with Crippen LogP contribution >= 0.6 is 0 Å². The molecule has 0 fully saturated rings. The normalized spacial score (nSPS) is 10.4. The number of hydrogen-bond acceptors (Lipinski definition) is 4. The summed E-state index contributed by atoms with van der Waals surface area (Å²) in [7, 11) is 0. The van der Waals surface area contributed by atoms with Crippen LogP contribution in [0.5, 0.6) is 0 Å². The van der Waals surface area contributed by atoms with Crippen molar-refractivity contribution in [1.82, 2.24) is 4.90 Å². The molecular formula is C13H13NO5. The summed E-state index contributed by atoms with van der Waals surface area (Å²) in [4.78, 5) is 23.7. The molecule has 100 valence electrons. The van der Waals surface area contributed by atoms with Crippen LogP contribution in [0.2, 0.25) is 0 Å². The molecule has 19 heavy (non-hydrogen) atoms. The standard InChI is InChI=1S/C13H13NO5/c1-9(15)14(7-10-3-2-6-18-10)8-11-4-5-12(19-11)13(16)17/h2-6H,7-8H2,1H3,(H,16,17). The van der Waals surface area contributed by atoms with Crippen molar-refractivity contribution >= 4 is 11.9 Å². The number of rotatable bonds is 5. The largest absolute Gasteiger partial charge is 0.475 e. The average molecular weight is 263 g/mol. The van der Waals surface area contributed by atoms with Crippen molar-refractivity contribution in [2.75, 3.05) is 0 Å². The molecule has 2 rings (SSSR count). The highest BCUT2D eigenvalue weighted by Crippen LogP contribution is 2.13. The number of carboxylic acids is 1. The lowest BCUT2D eigenvalue weighted by molar-refractivity contribution is -0.130. The van der Waals surface area contributed by atoms with Gasteiger partial charge in [-0.05, 0) is 24.3 Å². The smallest absolute Gasteiger partial charge is 0.371 e. The third-order valence-electron chi connectivity index (χ3n) is 2.59. The summed E-state index contributed by atoms with van der Waals surface area (Å²) in [6, 6.07) is 6.41. The molecule has 0 aliphatic heterocycles. The van der Waals surface area contributed by atoms with Crippen LogP contribution in [0.3, 0.4) is 0 Å². The maximum Gasteiger partial charge on any atom is 0.371 e. The van der Waals surface area contributed by atoms with Crippen LogP contribution in [-0.2, 0) is 17.9 Å². The van der Waals surface area contributed by atoms with E-state index in [0.29, 0.717) is 18.1 Å². The van der Waals surface area contributed by atoms with E-state index in [1.807, 2.05) is 0 Å². The van der Waals surface area contributed by atoms with Gasteiger partial charge in [0.2, 0.25) is 11.7 Å². The van der Waals surface area contributed by atoms with Crippen molar-refractivity contribution in [3.05, 3.63) is 47.8 Å². The van der Waals surface area contributed by atoms with Crippen molar-refractivity contribution in [2.45, 2.75) is 20.0 Å². The first-order valence-electron chi connectivity index (χ1n) is 5.66. The molecule has 2 heterocycles. The molecular weight excluding hydrogens is 250 g/mol. The van der Waals surface area contributed by atoms with E-state index in [-0.39, 0.29) is 18.2 Å². The molecule has 0 bridgehead atoms. The SMILES string of the molecule is CC(=O)N(Cc1ccco1)Cc1ccc(C(=O)O)o1. The molecule has 1 amide bonds. The van der Waals surface area contributed by atoms with Gasteiger partial charge in [-0.2, -0.15) is 0 Å².